The molecule has 0 amide bonds. The number of ether oxygens (including phenoxy) is 2. The average molecular weight is 342 g/mol. The fraction of sp³-hybridized carbons (Fsp3) is 0.231. The zero-order valence-corrected chi connectivity index (χ0v) is 12.4. The van der Waals surface area contributed by atoms with Gasteiger partial charge in [-0.3, -0.25) is 0 Å². The SMILES string of the molecule is CCCOc1ncnc(Oc2cc(F)ccc2Br)c1N. The van der Waals surface area contributed by atoms with E-state index in [2.05, 4.69) is 25.9 Å². The molecule has 1 heterocycles. The molecule has 0 saturated carbocycles. The van der Waals surface area contributed by atoms with Crippen LogP contribution in [0.1, 0.15) is 13.3 Å². The van der Waals surface area contributed by atoms with Gasteiger partial charge in [0.05, 0.1) is 11.1 Å². The number of anilines is 1. The maximum Gasteiger partial charge on any atom is 0.249 e. The second-order valence-electron chi connectivity index (χ2n) is 3.92. The van der Waals surface area contributed by atoms with Gasteiger partial charge in [-0.2, -0.15) is 9.97 Å². The van der Waals surface area contributed by atoms with Crippen LogP contribution in [0.25, 0.3) is 0 Å². The summed E-state index contributed by atoms with van der Waals surface area (Å²) in [6.07, 6.45) is 2.11. The van der Waals surface area contributed by atoms with Crippen molar-refractivity contribution in [1.29, 1.82) is 0 Å². The molecular formula is C13H13BrFN3O2. The van der Waals surface area contributed by atoms with Gasteiger partial charge in [-0.1, -0.05) is 6.92 Å². The van der Waals surface area contributed by atoms with E-state index in [-0.39, 0.29) is 23.2 Å². The molecule has 7 heteroatoms. The molecule has 0 aliphatic rings. The minimum absolute atomic E-state index is 0.123. The number of halogens is 2. The molecule has 2 N–H and O–H groups in total. The first-order valence-electron chi connectivity index (χ1n) is 5.98. The van der Waals surface area contributed by atoms with E-state index in [4.69, 9.17) is 15.2 Å². The molecule has 0 unspecified atom stereocenters. The smallest absolute Gasteiger partial charge is 0.249 e. The van der Waals surface area contributed by atoms with Crippen molar-refractivity contribution in [1.82, 2.24) is 9.97 Å². The highest BCUT2D eigenvalue weighted by Crippen LogP contribution is 2.34. The maximum atomic E-state index is 13.2. The summed E-state index contributed by atoms with van der Waals surface area (Å²) in [6, 6.07) is 4.09. The summed E-state index contributed by atoms with van der Waals surface area (Å²) in [7, 11) is 0. The third kappa shape index (κ3) is 3.36. The summed E-state index contributed by atoms with van der Waals surface area (Å²) in [6.45, 7) is 2.46. The Labute approximate surface area is 124 Å². The van der Waals surface area contributed by atoms with Crippen molar-refractivity contribution in [2.24, 2.45) is 0 Å². The van der Waals surface area contributed by atoms with Gasteiger partial charge in [-0.05, 0) is 34.5 Å². The van der Waals surface area contributed by atoms with E-state index in [1.807, 2.05) is 6.92 Å². The van der Waals surface area contributed by atoms with Gasteiger partial charge in [0.25, 0.3) is 0 Å². The molecule has 0 atom stereocenters. The summed E-state index contributed by atoms with van der Waals surface area (Å²) in [4.78, 5) is 7.87. The van der Waals surface area contributed by atoms with Gasteiger partial charge < -0.3 is 15.2 Å². The second-order valence-corrected chi connectivity index (χ2v) is 4.78. The van der Waals surface area contributed by atoms with Crippen molar-refractivity contribution in [3.63, 3.8) is 0 Å². The largest absolute Gasteiger partial charge is 0.476 e. The number of nitrogens with zero attached hydrogens (tertiary/aromatic N) is 2. The van der Waals surface area contributed by atoms with Crippen molar-refractivity contribution in [2.75, 3.05) is 12.3 Å². The van der Waals surface area contributed by atoms with Crippen molar-refractivity contribution in [3.8, 4) is 17.5 Å². The molecule has 0 saturated heterocycles. The molecule has 1 aromatic carbocycles. The van der Waals surface area contributed by atoms with E-state index in [0.29, 0.717) is 11.1 Å². The summed E-state index contributed by atoms with van der Waals surface area (Å²) >= 11 is 3.27. The number of hydrogen-bond acceptors (Lipinski definition) is 5. The average Bonchev–Trinajstić information content (AvgIpc) is 2.44. The van der Waals surface area contributed by atoms with Crippen LogP contribution in [-0.4, -0.2) is 16.6 Å². The Kier molecular flexibility index (Phi) is 4.73. The van der Waals surface area contributed by atoms with Crippen LogP contribution >= 0.6 is 15.9 Å². The highest BCUT2D eigenvalue weighted by atomic mass is 79.9. The minimum Gasteiger partial charge on any atom is -0.476 e. The van der Waals surface area contributed by atoms with Crippen molar-refractivity contribution in [3.05, 3.63) is 34.8 Å². The summed E-state index contributed by atoms with van der Waals surface area (Å²) < 4.78 is 24.7. The Hall–Kier alpha value is -1.89. The second kappa shape index (κ2) is 6.51. The minimum atomic E-state index is -0.418. The molecule has 2 aromatic rings. The standard InChI is InChI=1S/C13H13BrFN3O2/c1-2-5-19-12-11(16)13(18-7-17-12)20-10-6-8(15)3-4-9(10)14/h3-4,6-7H,2,5,16H2,1H3. The predicted octanol–water partition coefficient (Wildman–Crippen LogP) is 3.54. The van der Waals surface area contributed by atoms with Crippen LogP contribution < -0.4 is 15.2 Å². The predicted molar refractivity (Wildman–Crippen MR) is 76.4 cm³/mol. The zero-order valence-electron chi connectivity index (χ0n) is 10.8. The third-order valence-corrected chi connectivity index (χ3v) is 3.01. The van der Waals surface area contributed by atoms with Gasteiger partial charge in [0.15, 0.2) is 5.69 Å². The fourth-order valence-corrected chi connectivity index (χ4v) is 1.75. The first-order chi connectivity index (χ1) is 9.61. The number of hydrogen-bond donors (Lipinski definition) is 1. The molecule has 5 nitrogen and oxygen atoms in total. The van der Waals surface area contributed by atoms with Gasteiger partial charge in [-0.15, -0.1) is 0 Å². The highest BCUT2D eigenvalue weighted by molar-refractivity contribution is 9.10. The van der Waals surface area contributed by atoms with Crippen LogP contribution in [0.3, 0.4) is 0 Å². The van der Waals surface area contributed by atoms with E-state index in [9.17, 15) is 4.39 Å². The van der Waals surface area contributed by atoms with Crippen molar-refractivity contribution < 1.29 is 13.9 Å². The van der Waals surface area contributed by atoms with Gasteiger partial charge in [0.2, 0.25) is 11.8 Å². The van der Waals surface area contributed by atoms with Crippen LogP contribution in [0.15, 0.2) is 29.0 Å². The van der Waals surface area contributed by atoms with Crippen LogP contribution in [0.4, 0.5) is 10.1 Å². The van der Waals surface area contributed by atoms with E-state index < -0.39 is 5.82 Å². The molecule has 0 bridgehead atoms. The van der Waals surface area contributed by atoms with Crippen LogP contribution in [-0.2, 0) is 0 Å². The quantitative estimate of drug-likeness (QED) is 0.900. The van der Waals surface area contributed by atoms with Gasteiger partial charge in [0.1, 0.15) is 17.9 Å². The Morgan fingerprint density at radius 2 is 2.05 bits per heavy atom. The Morgan fingerprint density at radius 3 is 2.80 bits per heavy atom. The molecule has 0 aliphatic heterocycles. The first-order valence-corrected chi connectivity index (χ1v) is 6.77. The number of aromatic nitrogens is 2. The molecule has 0 spiro atoms. The highest BCUT2D eigenvalue weighted by Gasteiger charge is 2.13. The van der Waals surface area contributed by atoms with E-state index in [1.165, 1.54) is 24.5 Å². The third-order valence-electron chi connectivity index (χ3n) is 2.35. The van der Waals surface area contributed by atoms with E-state index >= 15 is 0 Å². The van der Waals surface area contributed by atoms with E-state index in [0.717, 1.165) is 6.42 Å². The number of benzene rings is 1. The maximum absolute atomic E-state index is 13.2. The lowest BCUT2D eigenvalue weighted by Crippen LogP contribution is -2.04. The van der Waals surface area contributed by atoms with Crippen molar-refractivity contribution in [2.45, 2.75) is 13.3 Å². The Morgan fingerprint density at radius 1 is 1.30 bits per heavy atom. The number of nitrogen functional groups attached to an aromatic ring is 1. The molecule has 1 aromatic heterocycles. The van der Waals surface area contributed by atoms with E-state index in [1.54, 1.807) is 0 Å². The lowest BCUT2D eigenvalue weighted by Gasteiger charge is -2.11. The fourth-order valence-electron chi connectivity index (χ4n) is 1.42. The van der Waals surface area contributed by atoms with Gasteiger partial charge >= 0.3 is 0 Å². The number of rotatable bonds is 5. The summed E-state index contributed by atoms with van der Waals surface area (Å²) in [5.74, 6) is 0.233. The topological polar surface area (TPSA) is 70.3 Å². The summed E-state index contributed by atoms with van der Waals surface area (Å²) in [5.41, 5.74) is 6.05. The molecule has 0 radical (unpaired) electrons. The number of nitrogens with two attached hydrogens (primary N) is 1. The Bertz CT molecular complexity index is 610. The molecule has 2 rings (SSSR count). The zero-order chi connectivity index (χ0) is 14.5. The molecule has 20 heavy (non-hydrogen) atoms. The van der Waals surface area contributed by atoms with Crippen LogP contribution in [0, 0.1) is 5.82 Å². The first kappa shape index (κ1) is 14.5. The van der Waals surface area contributed by atoms with Gasteiger partial charge in [-0.25, -0.2) is 4.39 Å². The van der Waals surface area contributed by atoms with Crippen LogP contribution in [0.5, 0.6) is 17.5 Å². The molecular weight excluding hydrogens is 329 g/mol. The molecule has 0 aliphatic carbocycles. The molecule has 106 valence electrons. The lowest BCUT2D eigenvalue weighted by molar-refractivity contribution is 0.304. The molecule has 0 fully saturated rings. The lowest BCUT2D eigenvalue weighted by atomic mass is 10.3. The van der Waals surface area contributed by atoms with Gasteiger partial charge in [0, 0.05) is 6.07 Å². The monoisotopic (exact) mass is 341 g/mol. The normalized spacial score (nSPS) is 10.3. The Balaban J connectivity index is 2.27. The van der Waals surface area contributed by atoms with Crippen LogP contribution in [0.2, 0.25) is 0 Å². The summed E-state index contributed by atoms with van der Waals surface area (Å²) in [5, 5.41) is 0. The van der Waals surface area contributed by atoms with Crippen molar-refractivity contribution >= 4 is 21.6 Å².